The molecule has 6 heteroatoms. The number of hydrogen-bond acceptors (Lipinski definition) is 4. The van der Waals surface area contributed by atoms with Crippen molar-refractivity contribution in [1.29, 1.82) is 0 Å². The summed E-state index contributed by atoms with van der Waals surface area (Å²) in [5.74, 6) is 0.126. The van der Waals surface area contributed by atoms with E-state index < -0.39 is 10.0 Å². The third kappa shape index (κ3) is 4.77. The van der Waals surface area contributed by atoms with Crippen LogP contribution in [0.1, 0.15) is 32.4 Å². The van der Waals surface area contributed by atoms with E-state index >= 15 is 0 Å². The summed E-state index contributed by atoms with van der Waals surface area (Å²) < 4.78 is 31.0. The molecule has 0 amide bonds. The minimum atomic E-state index is -3.37. The molecule has 0 saturated carbocycles. The summed E-state index contributed by atoms with van der Waals surface area (Å²) in [6.45, 7) is 5.74. The fourth-order valence-electron chi connectivity index (χ4n) is 1.74. The number of phenolic OH excluding ortho intramolecular Hbond substituents is 1. The van der Waals surface area contributed by atoms with Crippen LogP contribution in [0.4, 0.5) is 0 Å². The van der Waals surface area contributed by atoms with Gasteiger partial charge in [0.15, 0.2) is 0 Å². The Kier molecular flexibility index (Phi) is 5.98. The number of sulfonamides is 1. The van der Waals surface area contributed by atoms with Gasteiger partial charge in [0, 0.05) is 13.1 Å². The third-order valence-corrected chi connectivity index (χ3v) is 5.03. The molecule has 1 atom stereocenters. The molecule has 0 saturated heterocycles. The van der Waals surface area contributed by atoms with Gasteiger partial charge in [0.25, 0.3) is 0 Å². The molecule has 0 aromatic heterocycles. The Morgan fingerprint density at radius 3 is 2.25 bits per heavy atom. The van der Waals surface area contributed by atoms with Crippen LogP contribution >= 0.6 is 0 Å². The van der Waals surface area contributed by atoms with Crippen molar-refractivity contribution in [3.63, 3.8) is 0 Å². The van der Waals surface area contributed by atoms with Crippen LogP contribution in [-0.2, 0) is 14.8 Å². The predicted molar refractivity (Wildman–Crippen MR) is 79.2 cm³/mol. The van der Waals surface area contributed by atoms with Crippen molar-refractivity contribution < 1.29 is 18.3 Å². The molecule has 0 aliphatic heterocycles. The summed E-state index contributed by atoms with van der Waals surface area (Å²) in [5, 5.41) is 9.26. The zero-order valence-corrected chi connectivity index (χ0v) is 13.2. The van der Waals surface area contributed by atoms with Crippen LogP contribution in [0, 0.1) is 0 Å². The summed E-state index contributed by atoms with van der Waals surface area (Å²) in [7, 11) is -1.81. The van der Waals surface area contributed by atoms with Crippen molar-refractivity contribution in [2.24, 2.45) is 0 Å². The predicted octanol–water partition coefficient (Wildman–Crippen LogP) is 2.14. The fourth-order valence-corrected chi connectivity index (χ4v) is 2.94. The van der Waals surface area contributed by atoms with E-state index in [1.54, 1.807) is 31.3 Å². The molecule has 1 aromatic rings. The van der Waals surface area contributed by atoms with E-state index in [9.17, 15) is 13.5 Å². The second-order valence-electron chi connectivity index (χ2n) is 5.02. The Morgan fingerprint density at radius 1 is 1.20 bits per heavy atom. The first-order chi connectivity index (χ1) is 9.24. The number of ether oxygens (including phenoxy) is 1. The van der Waals surface area contributed by atoms with E-state index in [1.807, 2.05) is 20.8 Å². The Balaban J connectivity index is 2.71. The molecule has 1 rings (SSSR count). The van der Waals surface area contributed by atoms with Gasteiger partial charge in [-0.2, -0.15) is 4.31 Å². The lowest BCUT2D eigenvalue weighted by Gasteiger charge is -2.25. The van der Waals surface area contributed by atoms with E-state index in [-0.39, 0.29) is 30.3 Å². The molecule has 0 radical (unpaired) electrons. The maximum absolute atomic E-state index is 12.2. The minimum absolute atomic E-state index is 0.0185. The highest BCUT2D eigenvalue weighted by Crippen LogP contribution is 2.23. The van der Waals surface area contributed by atoms with Crippen molar-refractivity contribution in [1.82, 2.24) is 4.31 Å². The quantitative estimate of drug-likeness (QED) is 0.838. The van der Waals surface area contributed by atoms with Crippen molar-refractivity contribution in [3.8, 4) is 5.75 Å². The van der Waals surface area contributed by atoms with Crippen molar-refractivity contribution >= 4 is 10.0 Å². The second kappa shape index (κ2) is 7.06. The van der Waals surface area contributed by atoms with Crippen LogP contribution in [0.25, 0.3) is 0 Å². The molecule has 1 N–H and O–H groups in total. The van der Waals surface area contributed by atoms with Gasteiger partial charge in [0.05, 0.1) is 18.5 Å². The molecule has 0 fully saturated rings. The lowest BCUT2D eigenvalue weighted by molar-refractivity contribution is 0.0906. The average Bonchev–Trinajstić information content (AvgIpc) is 2.37. The largest absolute Gasteiger partial charge is 0.508 e. The highest BCUT2D eigenvalue weighted by atomic mass is 32.2. The Morgan fingerprint density at radius 2 is 1.75 bits per heavy atom. The molecule has 1 aromatic carbocycles. The van der Waals surface area contributed by atoms with Gasteiger partial charge in [0.2, 0.25) is 10.0 Å². The van der Waals surface area contributed by atoms with Crippen LogP contribution in [0.15, 0.2) is 24.3 Å². The summed E-state index contributed by atoms with van der Waals surface area (Å²) in [5.41, 5.74) is 0.832. The third-order valence-electron chi connectivity index (χ3n) is 3.15. The Hall–Kier alpha value is -1.11. The number of phenols is 1. The maximum atomic E-state index is 12.2. The fraction of sp³-hybridized carbons (Fsp3) is 0.571. The van der Waals surface area contributed by atoms with Crippen molar-refractivity contribution in [2.45, 2.75) is 32.9 Å². The van der Waals surface area contributed by atoms with Crippen LogP contribution in [-0.4, -0.2) is 43.3 Å². The SMILES string of the molecule is CC(C)OCCS(=O)(=O)N(C)C(C)c1ccc(O)cc1. The lowest BCUT2D eigenvalue weighted by Crippen LogP contribution is -2.33. The first-order valence-corrected chi connectivity index (χ1v) is 8.21. The number of nitrogens with zero attached hydrogens (tertiary/aromatic N) is 1. The molecular formula is C14H23NO4S. The van der Waals surface area contributed by atoms with Crippen LogP contribution < -0.4 is 0 Å². The van der Waals surface area contributed by atoms with E-state index in [0.717, 1.165) is 5.56 Å². The van der Waals surface area contributed by atoms with Crippen LogP contribution in [0.2, 0.25) is 0 Å². The molecule has 5 nitrogen and oxygen atoms in total. The summed E-state index contributed by atoms with van der Waals surface area (Å²) >= 11 is 0. The van der Waals surface area contributed by atoms with Gasteiger partial charge in [-0.25, -0.2) is 8.42 Å². The van der Waals surface area contributed by atoms with Gasteiger partial charge in [0.1, 0.15) is 5.75 Å². The van der Waals surface area contributed by atoms with Crippen LogP contribution in [0.5, 0.6) is 5.75 Å². The van der Waals surface area contributed by atoms with Crippen molar-refractivity contribution in [3.05, 3.63) is 29.8 Å². The highest BCUT2D eigenvalue weighted by molar-refractivity contribution is 7.89. The normalized spacial score (nSPS) is 13.9. The number of rotatable bonds is 7. The zero-order valence-electron chi connectivity index (χ0n) is 12.4. The average molecular weight is 301 g/mol. The monoisotopic (exact) mass is 301 g/mol. The highest BCUT2D eigenvalue weighted by Gasteiger charge is 2.24. The maximum Gasteiger partial charge on any atom is 0.216 e. The second-order valence-corrected chi connectivity index (χ2v) is 7.17. The topological polar surface area (TPSA) is 66.8 Å². The van der Waals surface area contributed by atoms with Gasteiger partial charge in [-0.1, -0.05) is 12.1 Å². The summed E-state index contributed by atoms with van der Waals surface area (Å²) in [6, 6.07) is 6.25. The molecule has 0 heterocycles. The number of benzene rings is 1. The van der Waals surface area contributed by atoms with E-state index in [1.165, 1.54) is 4.31 Å². The van der Waals surface area contributed by atoms with Gasteiger partial charge in [-0.05, 0) is 38.5 Å². The Labute approximate surface area is 121 Å². The lowest BCUT2D eigenvalue weighted by atomic mass is 10.1. The number of aromatic hydroxyl groups is 1. The Bertz CT molecular complexity index is 510. The minimum Gasteiger partial charge on any atom is -0.508 e. The first-order valence-electron chi connectivity index (χ1n) is 6.60. The van der Waals surface area contributed by atoms with E-state index in [4.69, 9.17) is 4.74 Å². The van der Waals surface area contributed by atoms with E-state index in [2.05, 4.69) is 0 Å². The van der Waals surface area contributed by atoms with Crippen molar-refractivity contribution in [2.75, 3.05) is 19.4 Å². The van der Waals surface area contributed by atoms with Gasteiger partial charge >= 0.3 is 0 Å². The molecular weight excluding hydrogens is 278 g/mol. The van der Waals surface area contributed by atoms with E-state index in [0.29, 0.717) is 0 Å². The molecule has 0 bridgehead atoms. The van der Waals surface area contributed by atoms with Gasteiger partial charge in [-0.15, -0.1) is 0 Å². The molecule has 0 aliphatic rings. The zero-order chi connectivity index (χ0) is 15.3. The molecule has 20 heavy (non-hydrogen) atoms. The molecule has 0 spiro atoms. The van der Waals surface area contributed by atoms with Gasteiger partial charge < -0.3 is 9.84 Å². The molecule has 1 unspecified atom stereocenters. The number of hydrogen-bond donors (Lipinski definition) is 1. The van der Waals surface area contributed by atoms with Crippen LogP contribution in [0.3, 0.4) is 0 Å². The molecule has 114 valence electrons. The smallest absolute Gasteiger partial charge is 0.216 e. The van der Waals surface area contributed by atoms with Gasteiger partial charge in [-0.3, -0.25) is 0 Å². The summed E-state index contributed by atoms with van der Waals surface area (Å²) in [4.78, 5) is 0. The summed E-state index contributed by atoms with van der Waals surface area (Å²) in [6.07, 6.45) is 0.0185. The standard InChI is InChI=1S/C14H23NO4S/c1-11(2)19-9-10-20(17,18)15(4)12(3)13-5-7-14(16)8-6-13/h5-8,11-12,16H,9-10H2,1-4H3. The first kappa shape index (κ1) is 16.9. The molecule has 0 aliphatic carbocycles.